The molecule has 2 N–H and O–H groups in total. The SMILES string of the molecule is COC(=O)c1ccc(Nc2cncc(C(=O)Nc3ccccc3C#N)c2)cc1. The van der Waals surface area contributed by atoms with Crippen LogP contribution in [0.5, 0.6) is 0 Å². The number of nitrogens with zero attached hydrogens (tertiary/aromatic N) is 2. The van der Waals surface area contributed by atoms with Gasteiger partial charge in [0.1, 0.15) is 6.07 Å². The summed E-state index contributed by atoms with van der Waals surface area (Å²) in [6, 6.07) is 17.2. The lowest BCUT2D eigenvalue weighted by Crippen LogP contribution is -2.13. The van der Waals surface area contributed by atoms with Crippen molar-refractivity contribution in [2.45, 2.75) is 0 Å². The highest BCUT2D eigenvalue weighted by atomic mass is 16.5. The number of rotatable bonds is 5. The summed E-state index contributed by atoms with van der Waals surface area (Å²) >= 11 is 0. The molecule has 28 heavy (non-hydrogen) atoms. The second-order valence-electron chi connectivity index (χ2n) is 5.77. The summed E-state index contributed by atoms with van der Waals surface area (Å²) < 4.78 is 4.67. The summed E-state index contributed by atoms with van der Waals surface area (Å²) in [5.41, 5.74) is 2.92. The van der Waals surface area contributed by atoms with Gasteiger partial charge in [0.2, 0.25) is 0 Å². The van der Waals surface area contributed by atoms with Gasteiger partial charge in [0, 0.05) is 11.9 Å². The summed E-state index contributed by atoms with van der Waals surface area (Å²) in [6.07, 6.45) is 3.02. The number of esters is 1. The molecule has 0 bridgehead atoms. The van der Waals surface area contributed by atoms with Crippen molar-refractivity contribution in [2.24, 2.45) is 0 Å². The van der Waals surface area contributed by atoms with E-state index >= 15 is 0 Å². The Bertz CT molecular complexity index is 1060. The monoisotopic (exact) mass is 372 g/mol. The highest BCUT2D eigenvalue weighted by molar-refractivity contribution is 6.05. The zero-order valence-electron chi connectivity index (χ0n) is 15.0. The highest BCUT2D eigenvalue weighted by Crippen LogP contribution is 2.19. The largest absolute Gasteiger partial charge is 0.465 e. The van der Waals surface area contributed by atoms with Crippen LogP contribution in [-0.2, 0) is 4.74 Å². The molecule has 1 heterocycles. The van der Waals surface area contributed by atoms with Crippen molar-refractivity contribution in [3.05, 3.63) is 83.7 Å². The standard InChI is InChI=1S/C21H16N4O3/c1-28-21(27)14-6-8-17(9-7-14)24-18-10-16(12-23-13-18)20(26)25-19-5-3-2-4-15(19)11-22/h2-10,12-13,24H,1H3,(H,25,26). The van der Waals surface area contributed by atoms with Crippen molar-refractivity contribution < 1.29 is 14.3 Å². The molecular formula is C21H16N4O3. The second-order valence-corrected chi connectivity index (χ2v) is 5.77. The number of amides is 1. The molecule has 0 unspecified atom stereocenters. The average Bonchev–Trinajstić information content (AvgIpc) is 2.74. The topological polar surface area (TPSA) is 104 Å². The van der Waals surface area contributed by atoms with Crippen molar-refractivity contribution in [2.75, 3.05) is 17.7 Å². The zero-order valence-corrected chi connectivity index (χ0v) is 15.0. The van der Waals surface area contributed by atoms with E-state index in [1.54, 1.807) is 60.8 Å². The number of ether oxygens (including phenoxy) is 1. The maximum atomic E-state index is 12.5. The van der Waals surface area contributed by atoms with Gasteiger partial charge < -0.3 is 15.4 Å². The summed E-state index contributed by atoms with van der Waals surface area (Å²) in [4.78, 5) is 28.1. The zero-order chi connectivity index (χ0) is 19.9. The number of carbonyl (C=O) groups excluding carboxylic acids is 2. The summed E-state index contributed by atoms with van der Waals surface area (Å²) in [5, 5.41) is 15.0. The molecule has 0 radical (unpaired) electrons. The third-order valence-corrected chi connectivity index (χ3v) is 3.89. The van der Waals surface area contributed by atoms with Gasteiger partial charge in [-0.05, 0) is 42.5 Å². The lowest BCUT2D eigenvalue weighted by Gasteiger charge is -2.10. The van der Waals surface area contributed by atoms with Gasteiger partial charge in [-0.15, -0.1) is 0 Å². The summed E-state index contributed by atoms with van der Waals surface area (Å²) in [7, 11) is 1.33. The van der Waals surface area contributed by atoms with Gasteiger partial charge in [-0.1, -0.05) is 12.1 Å². The van der Waals surface area contributed by atoms with Crippen molar-refractivity contribution >= 4 is 28.9 Å². The number of benzene rings is 2. The maximum Gasteiger partial charge on any atom is 0.337 e. The Hall–Kier alpha value is -4.18. The number of hydrogen-bond donors (Lipinski definition) is 2. The predicted octanol–water partition coefficient (Wildman–Crippen LogP) is 3.74. The number of nitrogens with one attached hydrogen (secondary N) is 2. The number of hydrogen-bond acceptors (Lipinski definition) is 6. The normalized spacial score (nSPS) is 9.86. The minimum atomic E-state index is -0.412. The first kappa shape index (κ1) is 18.6. The van der Waals surface area contributed by atoms with Crippen LogP contribution in [0.4, 0.5) is 17.1 Å². The van der Waals surface area contributed by atoms with Gasteiger partial charge in [0.15, 0.2) is 0 Å². The van der Waals surface area contributed by atoms with Crippen LogP contribution in [0.2, 0.25) is 0 Å². The van der Waals surface area contributed by atoms with Crippen LogP contribution in [0.25, 0.3) is 0 Å². The van der Waals surface area contributed by atoms with E-state index in [0.717, 1.165) is 5.69 Å². The molecule has 0 saturated heterocycles. The van der Waals surface area contributed by atoms with Crippen LogP contribution < -0.4 is 10.6 Å². The molecule has 0 atom stereocenters. The lowest BCUT2D eigenvalue weighted by molar-refractivity contribution is 0.0600. The molecule has 1 aromatic heterocycles. The average molecular weight is 372 g/mol. The minimum Gasteiger partial charge on any atom is -0.465 e. The van der Waals surface area contributed by atoms with Gasteiger partial charge in [-0.25, -0.2) is 4.79 Å². The Balaban J connectivity index is 1.74. The molecule has 0 fully saturated rings. The molecule has 3 aromatic rings. The smallest absolute Gasteiger partial charge is 0.337 e. The first-order valence-corrected chi connectivity index (χ1v) is 8.31. The maximum absolute atomic E-state index is 12.5. The van der Waals surface area contributed by atoms with Crippen LogP contribution in [-0.4, -0.2) is 24.0 Å². The van der Waals surface area contributed by atoms with E-state index in [-0.39, 0.29) is 5.91 Å². The molecule has 0 aliphatic carbocycles. The number of para-hydroxylation sites is 1. The van der Waals surface area contributed by atoms with Crippen molar-refractivity contribution in [1.82, 2.24) is 4.98 Å². The Morgan fingerprint density at radius 2 is 1.75 bits per heavy atom. The predicted molar refractivity (Wildman–Crippen MR) is 104 cm³/mol. The Morgan fingerprint density at radius 1 is 1.00 bits per heavy atom. The van der Waals surface area contributed by atoms with Gasteiger partial charge in [-0.3, -0.25) is 9.78 Å². The van der Waals surface area contributed by atoms with Crippen LogP contribution in [0.3, 0.4) is 0 Å². The van der Waals surface area contributed by atoms with Crippen LogP contribution in [0.15, 0.2) is 67.0 Å². The van der Waals surface area contributed by atoms with Gasteiger partial charge in [0.05, 0.1) is 41.4 Å². The summed E-state index contributed by atoms with van der Waals surface area (Å²) in [5.74, 6) is -0.788. The molecular weight excluding hydrogens is 356 g/mol. The molecule has 0 aliphatic rings. The third kappa shape index (κ3) is 4.31. The second kappa shape index (κ2) is 8.47. The fourth-order valence-electron chi connectivity index (χ4n) is 2.49. The number of methoxy groups -OCH3 is 1. The van der Waals surface area contributed by atoms with Crippen LogP contribution >= 0.6 is 0 Å². The number of anilines is 3. The molecule has 3 rings (SSSR count). The van der Waals surface area contributed by atoms with Crippen LogP contribution in [0.1, 0.15) is 26.3 Å². The van der Waals surface area contributed by atoms with Crippen LogP contribution in [0, 0.1) is 11.3 Å². The lowest BCUT2D eigenvalue weighted by atomic mass is 10.1. The van der Waals surface area contributed by atoms with E-state index in [1.165, 1.54) is 13.3 Å². The van der Waals surface area contributed by atoms with Crippen molar-refractivity contribution in [3.8, 4) is 6.07 Å². The van der Waals surface area contributed by atoms with E-state index < -0.39 is 5.97 Å². The van der Waals surface area contributed by atoms with Gasteiger partial charge in [-0.2, -0.15) is 5.26 Å². The molecule has 138 valence electrons. The molecule has 7 heteroatoms. The van der Waals surface area contributed by atoms with E-state index in [4.69, 9.17) is 5.26 Å². The van der Waals surface area contributed by atoms with E-state index in [2.05, 4.69) is 20.4 Å². The molecule has 0 spiro atoms. The van der Waals surface area contributed by atoms with E-state index in [9.17, 15) is 9.59 Å². The molecule has 2 aromatic carbocycles. The first-order chi connectivity index (χ1) is 13.6. The Kier molecular flexibility index (Phi) is 5.63. The van der Waals surface area contributed by atoms with E-state index in [1.807, 2.05) is 6.07 Å². The van der Waals surface area contributed by atoms with Crippen molar-refractivity contribution in [3.63, 3.8) is 0 Å². The third-order valence-electron chi connectivity index (χ3n) is 3.89. The summed E-state index contributed by atoms with van der Waals surface area (Å²) in [6.45, 7) is 0. The van der Waals surface area contributed by atoms with E-state index in [0.29, 0.717) is 28.1 Å². The first-order valence-electron chi connectivity index (χ1n) is 8.31. The number of carbonyl (C=O) groups is 2. The molecule has 1 amide bonds. The molecule has 7 nitrogen and oxygen atoms in total. The number of aromatic nitrogens is 1. The quantitative estimate of drug-likeness (QED) is 0.661. The number of nitriles is 1. The Morgan fingerprint density at radius 3 is 2.46 bits per heavy atom. The molecule has 0 aliphatic heterocycles. The van der Waals surface area contributed by atoms with Gasteiger partial charge >= 0.3 is 5.97 Å². The highest BCUT2D eigenvalue weighted by Gasteiger charge is 2.10. The number of pyridine rings is 1. The fraction of sp³-hybridized carbons (Fsp3) is 0.0476. The Labute approximate surface area is 161 Å². The van der Waals surface area contributed by atoms with Crippen molar-refractivity contribution in [1.29, 1.82) is 5.26 Å². The minimum absolute atomic E-state index is 0.337. The molecule has 0 saturated carbocycles. The fourth-order valence-corrected chi connectivity index (χ4v) is 2.49. The van der Waals surface area contributed by atoms with Gasteiger partial charge in [0.25, 0.3) is 5.91 Å².